The van der Waals surface area contributed by atoms with Gasteiger partial charge in [-0.25, -0.2) is 4.98 Å². The maximum absolute atomic E-state index is 11.8. The van der Waals surface area contributed by atoms with Crippen LogP contribution in [-0.2, 0) is 11.2 Å². The molecule has 0 bridgehead atoms. The zero-order chi connectivity index (χ0) is 16.9. The Morgan fingerprint density at radius 1 is 1.46 bits per heavy atom. The molecule has 24 heavy (non-hydrogen) atoms. The number of nitrogens with one attached hydrogen (secondary N) is 1. The third kappa shape index (κ3) is 3.76. The van der Waals surface area contributed by atoms with Gasteiger partial charge in [-0.05, 0) is 25.3 Å². The van der Waals surface area contributed by atoms with Gasteiger partial charge in [-0.15, -0.1) is 10.2 Å². The fourth-order valence-electron chi connectivity index (χ4n) is 2.72. The Hall–Kier alpha value is -2.35. The van der Waals surface area contributed by atoms with E-state index in [-0.39, 0.29) is 11.8 Å². The smallest absolute Gasteiger partial charge is 0.245 e. The first kappa shape index (κ1) is 16.5. The van der Waals surface area contributed by atoms with Gasteiger partial charge in [0.1, 0.15) is 5.01 Å². The van der Waals surface area contributed by atoms with Gasteiger partial charge in [-0.1, -0.05) is 24.8 Å². The Morgan fingerprint density at radius 2 is 2.33 bits per heavy atom. The predicted molar refractivity (Wildman–Crippen MR) is 93.4 cm³/mol. The van der Waals surface area contributed by atoms with Crippen molar-refractivity contribution in [2.24, 2.45) is 0 Å². The Labute approximate surface area is 144 Å². The first-order chi connectivity index (χ1) is 11.7. The number of aryl methyl sites for hydroxylation is 1. The van der Waals surface area contributed by atoms with Gasteiger partial charge in [-0.3, -0.25) is 9.78 Å². The largest absolute Gasteiger partial charge is 0.339 e. The van der Waals surface area contributed by atoms with Crippen LogP contribution in [0.15, 0.2) is 25.0 Å². The summed E-state index contributed by atoms with van der Waals surface area (Å²) in [6.45, 7) is 7.05. The highest BCUT2D eigenvalue weighted by molar-refractivity contribution is 7.15. The van der Waals surface area contributed by atoms with E-state index in [0.717, 1.165) is 36.5 Å². The van der Waals surface area contributed by atoms with E-state index >= 15 is 0 Å². The summed E-state index contributed by atoms with van der Waals surface area (Å²) in [4.78, 5) is 22.5. The second-order valence-corrected chi connectivity index (χ2v) is 6.70. The van der Waals surface area contributed by atoms with Crippen molar-refractivity contribution in [2.75, 3.05) is 18.4 Å². The Kier molecular flexibility index (Phi) is 5.14. The van der Waals surface area contributed by atoms with Crippen molar-refractivity contribution in [3.63, 3.8) is 0 Å². The number of nitrogens with zero attached hydrogens (tertiary/aromatic N) is 5. The molecule has 1 N–H and O–H groups in total. The highest BCUT2D eigenvalue weighted by Crippen LogP contribution is 2.26. The monoisotopic (exact) mass is 344 g/mol. The molecule has 3 rings (SSSR count). The number of carbonyl (C=O) groups is 1. The number of carbonyl (C=O) groups excluding carboxylic acids is 1. The lowest BCUT2D eigenvalue weighted by Crippen LogP contribution is -2.38. The maximum atomic E-state index is 11.8. The lowest BCUT2D eigenvalue weighted by atomic mass is 9.95. The van der Waals surface area contributed by atoms with Crippen LogP contribution in [0.3, 0.4) is 0 Å². The van der Waals surface area contributed by atoms with Crippen molar-refractivity contribution in [3.8, 4) is 0 Å². The van der Waals surface area contributed by atoms with E-state index in [1.54, 1.807) is 12.4 Å². The summed E-state index contributed by atoms with van der Waals surface area (Å²) in [6.07, 6.45) is 7.70. The van der Waals surface area contributed by atoms with Crippen molar-refractivity contribution in [1.82, 2.24) is 25.1 Å². The van der Waals surface area contributed by atoms with E-state index < -0.39 is 0 Å². The first-order valence-electron chi connectivity index (χ1n) is 8.02. The van der Waals surface area contributed by atoms with Gasteiger partial charge < -0.3 is 10.2 Å². The van der Waals surface area contributed by atoms with Gasteiger partial charge in [0.05, 0.1) is 18.1 Å². The molecule has 1 fully saturated rings. The highest BCUT2D eigenvalue weighted by Gasteiger charge is 2.24. The maximum Gasteiger partial charge on any atom is 0.245 e. The fourth-order valence-corrected chi connectivity index (χ4v) is 3.40. The summed E-state index contributed by atoms with van der Waals surface area (Å²) >= 11 is 1.51. The number of likely N-dealkylation sites (tertiary alicyclic amines) is 1. The standard InChI is InChI=1S/C16H20N6OS/c1-3-14-20-21-16(24-14)19-13-9-17-12(8-18-13)11-6-5-7-22(10-11)15(23)4-2/h4,8-9,11H,2-3,5-7,10H2,1H3,(H,18,19,21)/t11-/m1/s1. The second-order valence-electron chi connectivity index (χ2n) is 5.63. The first-order valence-corrected chi connectivity index (χ1v) is 8.84. The second kappa shape index (κ2) is 7.48. The molecule has 0 aliphatic carbocycles. The minimum atomic E-state index is -0.0195. The van der Waals surface area contributed by atoms with Crippen LogP contribution in [0.2, 0.25) is 0 Å². The van der Waals surface area contributed by atoms with Crippen molar-refractivity contribution < 1.29 is 4.79 Å². The molecule has 0 unspecified atom stereocenters. The van der Waals surface area contributed by atoms with Crippen LogP contribution in [0.25, 0.3) is 0 Å². The highest BCUT2D eigenvalue weighted by atomic mass is 32.1. The van der Waals surface area contributed by atoms with Crippen molar-refractivity contribution in [2.45, 2.75) is 32.1 Å². The zero-order valence-electron chi connectivity index (χ0n) is 13.6. The molecule has 126 valence electrons. The molecule has 1 aliphatic heterocycles. The van der Waals surface area contributed by atoms with E-state index in [2.05, 4.69) is 32.1 Å². The Morgan fingerprint density at radius 3 is 3.00 bits per heavy atom. The summed E-state index contributed by atoms with van der Waals surface area (Å²) in [5.74, 6) is 0.846. The molecule has 1 aliphatic rings. The molecule has 3 heterocycles. The van der Waals surface area contributed by atoms with Crippen LogP contribution in [-0.4, -0.2) is 44.1 Å². The molecule has 1 saturated heterocycles. The minimum Gasteiger partial charge on any atom is -0.339 e. The summed E-state index contributed by atoms with van der Waals surface area (Å²) in [7, 11) is 0. The van der Waals surface area contributed by atoms with E-state index in [4.69, 9.17) is 0 Å². The van der Waals surface area contributed by atoms with E-state index in [1.807, 2.05) is 11.8 Å². The van der Waals surface area contributed by atoms with Crippen LogP contribution < -0.4 is 5.32 Å². The number of aromatic nitrogens is 4. The summed E-state index contributed by atoms with van der Waals surface area (Å²) in [6, 6.07) is 0. The number of hydrogen-bond donors (Lipinski definition) is 1. The number of amides is 1. The van der Waals surface area contributed by atoms with Gasteiger partial charge in [0.15, 0.2) is 5.82 Å². The third-order valence-corrected chi connectivity index (χ3v) is 4.99. The lowest BCUT2D eigenvalue weighted by molar-refractivity contribution is -0.127. The fraction of sp³-hybridized carbons (Fsp3) is 0.438. The normalized spacial score (nSPS) is 17.5. The molecule has 1 amide bonds. The Balaban J connectivity index is 1.65. The summed E-state index contributed by atoms with van der Waals surface area (Å²) < 4.78 is 0. The van der Waals surface area contributed by atoms with Crippen molar-refractivity contribution in [1.29, 1.82) is 0 Å². The van der Waals surface area contributed by atoms with Gasteiger partial charge in [-0.2, -0.15) is 0 Å². The van der Waals surface area contributed by atoms with Gasteiger partial charge >= 0.3 is 0 Å². The van der Waals surface area contributed by atoms with Crippen LogP contribution in [0.4, 0.5) is 10.9 Å². The third-order valence-electron chi connectivity index (χ3n) is 4.00. The molecular weight excluding hydrogens is 324 g/mol. The average molecular weight is 344 g/mol. The predicted octanol–water partition coefficient (Wildman–Crippen LogP) is 2.53. The van der Waals surface area contributed by atoms with Gasteiger partial charge in [0.2, 0.25) is 11.0 Å². The lowest BCUT2D eigenvalue weighted by Gasteiger charge is -2.31. The molecule has 0 radical (unpaired) electrons. The molecule has 1 atom stereocenters. The van der Waals surface area contributed by atoms with Crippen molar-refractivity contribution in [3.05, 3.63) is 35.8 Å². The van der Waals surface area contributed by atoms with Gasteiger partial charge in [0.25, 0.3) is 0 Å². The van der Waals surface area contributed by atoms with Crippen LogP contribution in [0.5, 0.6) is 0 Å². The molecule has 7 nitrogen and oxygen atoms in total. The molecule has 2 aromatic heterocycles. The number of rotatable bonds is 5. The minimum absolute atomic E-state index is 0.0195. The molecular formula is C16H20N6OS. The van der Waals surface area contributed by atoms with Crippen LogP contribution in [0, 0.1) is 0 Å². The summed E-state index contributed by atoms with van der Waals surface area (Å²) in [5, 5.41) is 13.0. The van der Waals surface area contributed by atoms with Crippen molar-refractivity contribution >= 4 is 28.2 Å². The SMILES string of the molecule is C=CC(=O)N1CCC[C@@H](c2cnc(Nc3nnc(CC)s3)cn2)C1. The van der Waals surface area contributed by atoms with Crippen LogP contribution in [0.1, 0.15) is 36.4 Å². The van der Waals surface area contributed by atoms with Crippen LogP contribution >= 0.6 is 11.3 Å². The number of hydrogen-bond acceptors (Lipinski definition) is 7. The summed E-state index contributed by atoms with van der Waals surface area (Å²) in [5.41, 5.74) is 0.911. The van der Waals surface area contributed by atoms with E-state index in [1.165, 1.54) is 17.4 Å². The molecule has 8 heteroatoms. The quantitative estimate of drug-likeness (QED) is 0.839. The molecule has 0 aromatic carbocycles. The zero-order valence-corrected chi connectivity index (χ0v) is 14.4. The van der Waals surface area contributed by atoms with E-state index in [9.17, 15) is 4.79 Å². The number of piperidine rings is 1. The molecule has 0 saturated carbocycles. The van der Waals surface area contributed by atoms with Gasteiger partial charge in [0, 0.05) is 19.0 Å². The van der Waals surface area contributed by atoms with E-state index in [0.29, 0.717) is 17.5 Å². The Bertz CT molecular complexity index is 714. The average Bonchev–Trinajstić information content (AvgIpc) is 3.09. The molecule has 0 spiro atoms. The topological polar surface area (TPSA) is 83.9 Å². The molecule has 2 aromatic rings. The number of anilines is 2.